The van der Waals surface area contributed by atoms with Gasteiger partial charge in [0, 0.05) is 6.42 Å². The van der Waals surface area contributed by atoms with E-state index >= 15 is 0 Å². The van der Waals surface area contributed by atoms with Crippen LogP contribution in [0, 0.1) is 12.8 Å². The van der Waals surface area contributed by atoms with Crippen molar-refractivity contribution in [2.45, 2.75) is 57.9 Å². The van der Waals surface area contributed by atoms with Crippen LogP contribution < -0.4 is 5.32 Å². The molecule has 21 heavy (non-hydrogen) atoms. The molecule has 3 heteroatoms. The Morgan fingerprint density at radius 2 is 1.90 bits per heavy atom. The molecule has 1 aromatic rings. The van der Waals surface area contributed by atoms with Crippen LogP contribution in [0.15, 0.2) is 24.3 Å². The van der Waals surface area contributed by atoms with E-state index < -0.39 is 0 Å². The maximum absolute atomic E-state index is 12.2. The number of hydrogen-bond donors (Lipinski definition) is 2. The number of aryl methyl sites for hydroxylation is 2. The monoisotopic (exact) mass is 289 g/mol. The van der Waals surface area contributed by atoms with Crippen molar-refractivity contribution in [1.29, 1.82) is 0 Å². The van der Waals surface area contributed by atoms with Gasteiger partial charge in [-0.25, -0.2) is 0 Å². The topological polar surface area (TPSA) is 49.3 Å². The van der Waals surface area contributed by atoms with Gasteiger partial charge in [0.2, 0.25) is 5.91 Å². The number of benzene rings is 1. The third kappa shape index (κ3) is 4.57. The van der Waals surface area contributed by atoms with Gasteiger partial charge in [0.25, 0.3) is 0 Å². The lowest BCUT2D eigenvalue weighted by atomic mass is 9.77. The van der Waals surface area contributed by atoms with E-state index in [1.54, 1.807) is 0 Å². The Balaban J connectivity index is 1.84. The lowest BCUT2D eigenvalue weighted by Crippen LogP contribution is -2.53. The summed E-state index contributed by atoms with van der Waals surface area (Å²) in [5.74, 6) is 0.758. The molecule has 1 aliphatic rings. The van der Waals surface area contributed by atoms with Crippen molar-refractivity contribution < 1.29 is 9.90 Å². The molecule has 1 aromatic carbocycles. The number of aliphatic hydroxyl groups is 1. The minimum absolute atomic E-state index is 0.0516. The van der Waals surface area contributed by atoms with Gasteiger partial charge >= 0.3 is 0 Å². The third-order valence-corrected chi connectivity index (χ3v) is 4.70. The van der Waals surface area contributed by atoms with Crippen LogP contribution in [0.2, 0.25) is 0 Å². The number of hydrogen-bond acceptors (Lipinski definition) is 2. The van der Waals surface area contributed by atoms with E-state index in [9.17, 15) is 9.90 Å². The fourth-order valence-electron chi connectivity index (χ4n) is 3.01. The zero-order chi connectivity index (χ0) is 15.3. The van der Waals surface area contributed by atoms with Crippen LogP contribution in [0.1, 0.15) is 50.2 Å². The predicted octanol–water partition coefficient (Wildman–Crippen LogP) is 2.99. The van der Waals surface area contributed by atoms with Crippen molar-refractivity contribution in [2.24, 2.45) is 5.92 Å². The molecule has 1 aliphatic carbocycles. The Bertz CT molecular complexity index is 459. The summed E-state index contributed by atoms with van der Waals surface area (Å²) in [6.07, 6.45) is 5.18. The Labute approximate surface area is 127 Å². The van der Waals surface area contributed by atoms with Gasteiger partial charge in [-0.15, -0.1) is 0 Å². The SMILES string of the molecule is Cc1ccc(CCC(=O)NC2(CO)CCC(C)CC2)cc1. The summed E-state index contributed by atoms with van der Waals surface area (Å²) in [6, 6.07) is 8.30. The molecule has 2 N–H and O–H groups in total. The van der Waals surface area contributed by atoms with Crippen molar-refractivity contribution in [3.63, 3.8) is 0 Å². The van der Waals surface area contributed by atoms with Gasteiger partial charge in [0.1, 0.15) is 0 Å². The van der Waals surface area contributed by atoms with Gasteiger partial charge in [0.15, 0.2) is 0 Å². The quantitative estimate of drug-likeness (QED) is 0.875. The molecule has 1 amide bonds. The maximum atomic E-state index is 12.2. The molecule has 0 spiro atoms. The highest BCUT2D eigenvalue weighted by Gasteiger charge is 2.34. The normalized spacial score (nSPS) is 25.6. The molecule has 0 aromatic heterocycles. The molecule has 0 unspecified atom stereocenters. The molecule has 0 radical (unpaired) electrons. The van der Waals surface area contributed by atoms with Crippen LogP contribution in [-0.4, -0.2) is 23.2 Å². The van der Waals surface area contributed by atoms with Crippen LogP contribution in [0.3, 0.4) is 0 Å². The molecule has 0 saturated heterocycles. The van der Waals surface area contributed by atoms with Crippen molar-refractivity contribution >= 4 is 5.91 Å². The first-order valence-corrected chi connectivity index (χ1v) is 8.00. The van der Waals surface area contributed by atoms with Crippen LogP contribution in [-0.2, 0) is 11.2 Å². The van der Waals surface area contributed by atoms with E-state index in [-0.39, 0.29) is 18.1 Å². The number of nitrogens with one attached hydrogen (secondary N) is 1. The zero-order valence-corrected chi connectivity index (χ0v) is 13.2. The molecule has 0 aliphatic heterocycles. The van der Waals surface area contributed by atoms with Gasteiger partial charge in [-0.3, -0.25) is 4.79 Å². The summed E-state index contributed by atoms with van der Waals surface area (Å²) in [4.78, 5) is 12.2. The van der Waals surface area contributed by atoms with Crippen molar-refractivity contribution in [2.75, 3.05) is 6.61 Å². The summed E-state index contributed by atoms with van der Waals surface area (Å²) in [5, 5.41) is 12.8. The number of carbonyl (C=O) groups is 1. The van der Waals surface area contributed by atoms with E-state index in [2.05, 4.69) is 43.4 Å². The van der Waals surface area contributed by atoms with E-state index in [4.69, 9.17) is 0 Å². The van der Waals surface area contributed by atoms with E-state index in [0.717, 1.165) is 32.1 Å². The molecule has 2 rings (SSSR count). The second-order valence-electron chi connectivity index (χ2n) is 6.65. The van der Waals surface area contributed by atoms with Crippen molar-refractivity contribution in [1.82, 2.24) is 5.32 Å². The highest BCUT2D eigenvalue weighted by Crippen LogP contribution is 2.31. The third-order valence-electron chi connectivity index (χ3n) is 4.70. The van der Waals surface area contributed by atoms with E-state index in [1.165, 1.54) is 11.1 Å². The highest BCUT2D eigenvalue weighted by atomic mass is 16.3. The molecule has 1 fully saturated rings. The highest BCUT2D eigenvalue weighted by molar-refractivity contribution is 5.77. The first kappa shape index (κ1) is 16.0. The van der Waals surface area contributed by atoms with Crippen LogP contribution in [0.4, 0.5) is 0 Å². The Hall–Kier alpha value is -1.35. The van der Waals surface area contributed by atoms with Gasteiger partial charge in [-0.2, -0.15) is 0 Å². The van der Waals surface area contributed by atoms with Crippen LogP contribution in [0.5, 0.6) is 0 Å². The predicted molar refractivity (Wildman–Crippen MR) is 85.1 cm³/mol. The van der Waals surface area contributed by atoms with E-state index in [0.29, 0.717) is 12.3 Å². The molecule has 0 heterocycles. The maximum Gasteiger partial charge on any atom is 0.220 e. The lowest BCUT2D eigenvalue weighted by Gasteiger charge is -2.38. The van der Waals surface area contributed by atoms with Crippen molar-refractivity contribution in [3.8, 4) is 0 Å². The molecule has 116 valence electrons. The average Bonchev–Trinajstić information content (AvgIpc) is 2.49. The van der Waals surface area contributed by atoms with Gasteiger partial charge in [-0.1, -0.05) is 36.8 Å². The molecule has 3 nitrogen and oxygen atoms in total. The van der Waals surface area contributed by atoms with Gasteiger partial charge < -0.3 is 10.4 Å². The summed E-state index contributed by atoms with van der Waals surface area (Å²) >= 11 is 0. The number of aliphatic hydroxyl groups excluding tert-OH is 1. The van der Waals surface area contributed by atoms with Crippen LogP contribution in [0.25, 0.3) is 0 Å². The fourth-order valence-corrected chi connectivity index (χ4v) is 3.01. The molecule has 0 atom stereocenters. The summed E-state index contributed by atoms with van der Waals surface area (Å²) in [5.41, 5.74) is 2.04. The smallest absolute Gasteiger partial charge is 0.220 e. The van der Waals surface area contributed by atoms with Crippen molar-refractivity contribution in [3.05, 3.63) is 35.4 Å². The lowest BCUT2D eigenvalue weighted by molar-refractivity contribution is -0.124. The molecular weight excluding hydrogens is 262 g/mol. The molecular formula is C18H27NO2. The second kappa shape index (κ2) is 7.08. The summed E-state index contributed by atoms with van der Waals surface area (Å²) < 4.78 is 0. The average molecular weight is 289 g/mol. The molecule has 0 bridgehead atoms. The Kier molecular flexibility index (Phi) is 5.40. The Morgan fingerprint density at radius 1 is 1.29 bits per heavy atom. The van der Waals surface area contributed by atoms with Gasteiger partial charge in [-0.05, 0) is 50.5 Å². The Morgan fingerprint density at radius 3 is 2.48 bits per heavy atom. The minimum atomic E-state index is -0.378. The standard InChI is InChI=1S/C18H27NO2/c1-14-3-5-16(6-4-14)7-8-17(21)19-18(13-20)11-9-15(2)10-12-18/h3-6,15,20H,7-13H2,1-2H3,(H,19,21). The number of amides is 1. The van der Waals surface area contributed by atoms with E-state index in [1.807, 2.05) is 0 Å². The number of carbonyl (C=O) groups excluding carboxylic acids is 1. The minimum Gasteiger partial charge on any atom is -0.394 e. The first-order chi connectivity index (χ1) is 10.0. The zero-order valence-electron chi connectivity index (χ0n) is 13.2. The second-order valence-corrected chi connectivity index (χ2v) is 6.65. The van der Waals surface area contributed by atoms with Crippen LogP contribution >= 0.6 is 0 Å². The summed E-state index contributed by atoms with van der Waals surface area (Å²) in [7, 11) is 0. The number of rotatable bonds is 5. The first-order valence-electron chi connectivity index (χ1n) is 8.00. The largest absolute Gasteiger partial charge is 0.394 e. The fraction of sp³-hybridized carbons (Fsp3) is 0.611. The summed E-state index contributed by atoms with van der Waals surface area (Å²) in [6.45, 7) is 4.35. The van der Waals surface area contributed by atoms with Gasteiger partial charge in [0.05, 0.1) is 12.1 Å². The molecule has 1 saturated carbocycles.